The fourth-order valence-electron chi connectivity index (χ4n) is 2.78. The minimum atomic E-state index is -3.72. The Morgan fingerprint density at radius 3 is 2.46 bits per heavy atom. The summed E-state index contributed by atoms with van der Waals surface area (Å²) < 4.78 is 32.8. The van der Waals surface area contributed by atoms with Gasteiger partial charge in [0, 0.05) is 24.7 Å². The van der Waals surface area contributed by atoms with Gasteiger partial charge in [0.15, 0.2) is 0 Å². The third-order valence-electron chi connectivity index (χ3n) is 3.93. The molecule has 2 aromatic rings. The standard InChI is InChI=1S/C18H24N2O5S/c1-11-9-15(20-14(4)21)5-6-18(11)26(23,24)19-8-7-17(22)16-10-12(2)25-13(16)3/h5-6,9-10,17,19,22H,7-8H2,1-4H3,(H,20,21)/t17-/m1/s1. The van der Waals surface area contributed by atoms with E-state index in [4.69, 9.17) is 4.42 Å². The van der Waals surface area contributed by atoms with E-state index in [0.29, 0.717) is 28.3 Å². The number of sulfonamides is 1. The minimum absolute atomic E-state index is 0.0834. The predicted molar refractivity (Wildman–Crippen MR) is 98.4 cm³/mol. The molecule has 0 aliphatic heterocycles. The Bertz CT molecular complexity index is 902. The lowest BCUT2D eigenvalue weighted by Crippen LogP contribution is -2.26. The van der Waals surface area contributed by atoms with Crippen molar-refractivity contribution < 1.29 is 22.7 Å². The SMILES string of the molecule is CC(=O)Nc1ccc(S(=O)(=O)NCC[C@@H](O)c2cc(C)oc2C)c(C)c1. The summed E-state index contributed by atoms with van der Waals surface area (Å²) >= 11 is 0. The molecule has 0 spiro atoms. The van der Waals surface area contributed by atoms with Gasteiger partial charge in [0.1, 0.15) is 11.5 Å². The van der Waals surface area contributed by atoms with E-state index in [-0.39, 0.29) is 23.8 Å². The molecule has 0 aliphatic carbocycles. The maximum Gasteiger partial charge on any atom is 0.240 e. The number of benzene rings is 1. The number of amides is 1. The maximum absolute atomic E-state index is 12.5. The Balaban J connectivity index is 2.02. The van der Waals surface area contributed by atoms with Crippen LogP contribution in [0.5, 0.6) is 0 Å². The number of hydrogen-bond donors (Lipinski definition) is 3. The molecular formula is C18H24N2O5S. The van der Waals surface area contributed by atoms with Crippen molar-refractivity contribution in [1.29, 1.82) is 0 Å². The highest BCUT2D eigenvalue weighted by Gasteiger charge is 2.19. The number of aryl methyl sites for hydroxylation is 3. The molecule has 1 heterocycles. The second-order valence-corrected chi connectivity index (χ2v) is 7.97. The molecule has 1 atom stereocenters. The number of anilines is 1. The summed E-state index contributed by atoms with van der Waals surface area (Å²) in [6.45, 7) is 6.68. The monoisotopic (exact) mass is 380 g/mol. The number of rotatable bonds is 7. The van der Waals surface area contributed by atoms with Gasteiger partial charge in [-0.1, -0.05) is 0 Å². The van der Waals surface area contributed by atoms with E-state index in [2.05, 4.69) is 10.0 Å². The summed E-state index contributed by atoms with van der Waals surface area (Å²) in [6, 6.07) is 6.33. The fraction of sp³-hybridized carbons (Fsp3) is 0.389. The Kier molecular flexibility index (Phi) is 6.22. The van der Waals surface area contributed by atoms with Crippen molar-refractivity contribution in [3.05, 3.63) is 46.9 Å². The average Bonchev–Trinajstić information content (AvgIpc) is 2.84. The maximum atomic E-state index is 12.5. The molecule has 0 unspecified atom stereocenters. The van der Waals surface area contributed by atoms with Gasteiger partial charge in [-0.05, 0) is 57.0 Å². The molecular weight excluding hydrogens is 356 g/mol. The van der Waals surface area contributed by atoms with Crippen LogP contribution in [0.2, 0.25) is 0 Å². The zero-order valence-corrected chi connectivity index (χ0v) is 16.1. The summed E-state index contributed by atoms with van der Waals surface area (Å²) in [7, 11) is -3.72. The van der Waals surface area contributed by atoms with E-state index in [1.165, 1.54) is 19.1 Å². The molecule has 0 saturated carbocycles. The van der Waals surface area contributed by atoms with Crippen LogP contribution in [0.3, 0.4) is 0 Å². The number of aliphatic hydroxyl groups excluding tert-OH is 1. The van der Waals surface area contributed by atoms with E-state index in [0.717, 1.165) is 0 Å². The Morgan fingerprint density at radius 2 is 1.92 bits per heavy atom. The highest BCUT2D eigenvalue weighted by atomic mass is 32.2. The molecule has 7 nitrogen and oxygen atoms in total. The number of carbonyl (C=O) groups excluding carboxylic acids is 1. The predicted octanol–water partition coefficient (Wildman–Crippen LogP) is 2.57. The van der Waals surface area contributed by atoms with Crippen molar-refractivity contribution in [3.8, 4) is 0 Å². The van der Waals surface area contributed by atoms with Crippen LogP contribution >= 0.6 is 0 Å². The van der Waals surface area contributed by atoms with Crippen LogP contribution in [0.4, 0.5) is 5.69 Å². The van der Waals surface area contributed by atoms with Crippen LogP contribution < -0.4 is 10.0 Å². The minimum Gasteiger partial charge on any atom is -0.466 e. The van der Waals surface area contributed by atoms with E-state index in [1.807, 2.05) is 0 Å². The smallest absolute Gasteiger partial charge is 0.240 e. The van der Waals surface area contributed by atoms with E-state index >= 15 is 0 Å². The van der Waals surface area contributed by atoms with Crippen LogP contribution in [0.25, 0.3) is 0 Å². The van der Waals surface area contributed by atoms with Gasteiger partial charge in [-0.25, -0.2) is 13.1 Å². The fourth-order valence-corrected chi connectivity index (χ4v) is 4.05. The van der Waals surface area contributed by atoms with Gasteiger partial charge in [-0.3, -0.25) is 4.79 Å². The lowest BCUT2D eigenvalue weighted by molar-refractivity contribution is -0.114. The van der Waals surface area contributed by atoms with Crippen LogP contribution in [0.1, 0.15) is 42.1 Å². The first-order chi connectivity index (χ1) is 12.1. The van der Waals surface area contributed by atoms with Crippen LogP contribution in [-0.4, -0.2) is 26.0 Å². The third-order valence-corrected chi connectivity index (χ3v) is 5.55. The quantitative estimate of drug-likeness (QED) is 0.684. The molecule has 0 radical (unpaired) electrons. The van der Waals surface area contributed by atoms with Crippen LogP contribution in [0, 0.1) is 20.8 Å². The molecule has 1 aromatic heterocycles. The molecule has 2 rings (SSSR count). The first kappa shape index (κ1) is 20.2. The van der Waals surface area contributed by atoms with Gasteiger partial charge in [-0.2, -0.15) is 0 Å². The summed E-state index contributed by atoms with van der Waals surface area (Å²) in [5.41, 5.74) is 1.72. The number of aliphatic hydroxyl groups is 1. The summed E-state index contributed by atoms with van der Waals surface area (Å²) in [5, 5.41) is 12.8. The topological polar surface area (TPSA) is 109 Å². The van der Waals surface area contributed by atoms with Crippen molar-refractivity contribution in [2.24, 2.45) is 0 Å². The van der Waals surface area contributed by atoms with E-state index in [9.17, 15) is 18.3 Å². The molecule has 1 aromatic carbocycles. The number of nitrogens with one attached hydrogen (secondary N) is 2. The number of carbonyl (C=O) groups is 1. The molecule has 26 heavy (non-hydrogen) atoms. The number of hydrogen-bond acceptors (Lipinski definition) is 5. The molecule has 0 aliphatic rings. The summed E-state index contributed by atoms with van der Waals surface area (Å²) in [5.74, 6) is 1.10. The van der Waals surface area contributed by atoms with Crippen molar-refractivity contribution >= 4 is 21.6 Å². The van der Waals surface area contributed by atoms with Gasteiger partial charge >= 0.3 is 0 Å². The van der Waals surface area contributed by atoms with Crippen molar-refractivity contribution in [2.75, 3.05) is 11.9 Å². The molecule has 0 bridgehead atoms. The van der Waals surface area contributed by atoms with Gasteiger partial charge in [0.25, 0.3) is 0 Å². The second kappa shape index (κ2) is 8.03. The molecule has 0 fully saturated rings. The van der Waals surface area contributed by atoms with Crippen molar-refractivity contribution in [1.82, 2.24) is 4.72 Å². The summed E-state index contributed by atoms with van der Waals surface area (Å²) in [6.07, 6.45) is -0.583. The lowest BCUT2D eigenvalue weighted by Gasteiger charge is -2.13. The highest BCUT2D eigenvalue weighted by molar-refractivity contribution is 7.89. The van der Waals surface area contributed by atoms with Gasteiger partial charge < -0.3 is 14.8 Å². The van der Waals surface area contributed by atoms with Crippen LogP contribution in [0.15, 0.2) is 33.6 Å². The zero-order chi connectivity index (χ0) is 19.5. The Labute approximate surface area is 153 Å². The molecule has 8 heteroatoms. The van der Waals surface area contributed by atoms with Gasteiger partial charge in [0.2, 0.25) is 15.9 Å². The largest absolute Gasteiger partial charge is 0.466 e. The normalized spacial score (nSPS) is 12.8. The number of furan rings is 1. The molecule has 142 valence electrons. The third kappa shape index (κ3) is 4.94. The Hall–Kier alpha value is -2.16. The van der Waals surface area contributed by atoms with Gasteiger partial charge in [-0.15, -0.1) is 0 Å². The van der Waals surface area contributed by atoms with E-state index in [1.54, 1.807) is 32.9 Å². The zero-order valence-electron chi connectivity index (χ0n) is 15.3. The second-order valence-electron chi connectivity index (χ2n) is 6.23. The Morgan fingerprint density at radius 1 is 1.23 bits per heavy atom. The van der Waals surface area contributed by atoms with Crippen LogP contribution in [-0.2, 0) is 14.8 Å². The van der Waals surface area contributed by atoms with Gasteiger partial charge in [0.05, 0.1) is 11.0 Å². The molecule has 1 amide bonds. The van der Waals surface area contributed by atoms with Crippen molar-refractivity contribution in [2.45, 2.75) is 45.1 Å². The lowest BCUT2D eigenvalue weighted by atomic mass is 10.1. The van der Waals surface area contributed by atoms with E-state index < -0.39 is 16.1 Å². The first-order valence-corrected chi connectivity index (χ1v) is 9.71. The highest BCUT2D eigenvalue weighted by Crippen LogP contribution is 2.24. The average molecular weight is 380 g/mol. The first-order valence-electron chi connectivity index (χ1n) is 8.23. The van der Waals surface area contributed by atoms with Crippen molar-refractivity contribution in [3.63, 3.8) is 0 Å². The summed E-state index contributed by atoms with van der Waals surface area (Å²) in [4.78, 5) is 11.2. The molecule has 0 saturated heterocycles. The molecule has 3 N–H and O–H groups in total.